The van der Waals surface area contributed by atoms with Gasteiger partial charge in [-0.2, -0.15) is 5.10 Å². The Morgan fingerprint density at radius 2 is 1.85 bits per heavy atom. The molecule has 0 amide bonds. The molecule has 0 aliphatic carbocycles. The number of likely N-dealkylation sites (tertiary alicyclic amines) is 1. The smallest absolute Gasteiger partial charge is 0.264 e. The van der Waals surface area contributed by atoms with E-state index in [9.17, 15) is 14.3 Å². The van der Waals surface area contributed by atoms with Crippen LogP contribution in [0.2, 0.25) is 0 Å². The summed E-state index contributed by atoms with van der Waals surface area (Å²) in [5, 5.41) is 16.0. The molecule has 1 N–H and O–H groups in total. The van der Waals surface area contributed by atoms with E-state index in [0.29, 0.717) is 49.1 Å². The first kappa shape index (κ1) is 21.5. The van der Waals surface area contributed by atoms with E-state index in [1.54, 1.807) is 17.7 Å². The molecular weight excluding hydrogens is 421 g/mol. The predicted octanol–water partition coefficient (Wildman–Crippen LogP) is 3.06. The third kappa shape index (κ3) is 4.19. The van der Waals surface area contributed by atoms with Gasteiger partial charge in [0.15, 0.2) is 5.65 Å². The lowest BCUT2D eigenvalue weighted by Gasteiger charge is -2.38. The molecule has 1 fully saturated rings. The lowest BCUT2D eigenvalue weighted by Crippen LogP contribution is -2.47. The van der Waals surface area contributed by atoms with Crippen LogP contribution in [-0.2, 0) is 13.1 Å². The first-order chi connectivity index (χ1) is 15.9. The van der Waals surface area contributed by atoms with E-state index in [1.165, 1.54) is 23.2 Å². The number of nitrogens with zero attached hydrogens (tertiary/aromatic N) is 5. The number of benzene rings is 2. The lowest BCUT2D eigenvalue weighted by molar-refractivity contribution is -0.0365. The van der Waals surface area contributed by atoms with E-state index in [1.807, 2.05) is 36.4 Å². The minimum Gasteiger partial charge on any atom is -0.388 e. The van der Waals surface area contributed by atoms with Crippen LogP contribution in [0.3, 0.4) is 0 Å². The van der Waals surface area contributed by atoms with E-state index in [0.717, 1.165) is 11.3 Å². The molecule has 170 valence electrons. The maximum atomic E-state index is 13.8. The van der Waals surface area contributed by atoms with Crippen molar-refractivity contribution >= 4 is 11.0 Å². The lowest BCUT2D eigenvalue weighted by atomic mass is 9.90. The Hall–Kier alpha value is -3.36. The molecule has 0 atom stereocenters. The van der Waals surface area contributed by atoms with Crippen LogP contribution in [0.1, 0.15) is 24.0 Å². The monoisotopic (exact) mass is 447 g/mol. The first-order valence-electron chi connectivity index (χ1n) is 11.1. The van der Waals surface area contributed by atoms with Gasteiger partial charge in [0.05, 0.1) is 24.0 Å². The number of para-hydroxylation sites is 1. The molecule has 0 saturated carbocycles. The van der Waals surface area contributed by atoms with E-state index in [2.05, 4.69) is 15.0 Å². The molecular formula is C25H26FN5O2. The summed E-state index contributed by atoms with van der Waals surface area (Å²) in [6, 6.07) is 14.7. The van der Waals surface area contributed by atoms with Crippen molar-refractivity contribution in [2.24, 2.45) is 0 Å². The Balaban J connectivity index is 1.30. The van der Waals surface area contributed by atoms with Gasteiger partial charge in [0.1, 0.15) is 17.5 Å². The number of hydrogen-bond acceptors (Lipinski definition) is 5. The fraction of sp³-hybridized carbons (Fsp3) is 0.320. The molecule has 33 heavy (non-hydrogen) atoms. The van der Waals surface area contributed by atoms with E-state index in [-0.39, 0.29) is 17.9 Å². The number of piperidine rings is 1. The van der Waals surface area contributed by atoms with Crippen molar-refractivity contribution in [3.8, 4) is 5.69 Å². The number of halogens is 1. The number of rotatable bonds is 5. The van der Waals surface area contributed by atoms with Crippen molar-refractivity contribution in [3.63, 3.8) is 0 Å². The van der Waals surface area contributed by atoms with Crippen molar-refractivity contribution < 1.29 is 9.50 Å². The predicted molar refractivity (Wildman–Crippen MR) is 124 cm³/mol. The molecule has 2 aromatic heterocycles. The molecule has 4 aromatic rings. The van der Waals surface area contributed by atoms with Gasteiger partial charge in [0.25, 0.3) is 5.56 Å². The van der Waals surface area contributed by atoms with Gasteiger partial charge in [-0.3, -0.25) is 14.3 Å². The van der Waals surface area contributed by atoms with Crippen molar-refractivity contribution in [1.29, 1.82) is 0 Å². The molecule has 8 heteroatoms. The molecule has 1 aliphatic rings. The van der Waals surface area contributed by atoms with Gasteiger partial charge >= 0.3 is 0 Å². The van der Waals surface area contributed by atoms with Gasteiger partial charge in [-0.05, 0) is 49.1 Å². The van der Waals surface area contributed by atoms with Crippen molar-refractivity contribution in [1.82, 2.24) is 24.2 Å². The minimum atomic E-state index is -0.998. The summed E-state index contributed by atoms with van der Waals surface area (Å²) in [6.45, 7) is 3.95. The summed E-state index contributed by atoms with van der Waals surface area (Å²) in [7, 11) is 0. The van der Waals surface area contributed by atoms with Gasteiger partial charge in [0, 0.05) is 19.6 Å². The standard InChI is InChI=1S/C25H26FN5O2/c1-18-19(6-5-9-22(18)26)15-29-12-10-25(33,11-13-29)16-30-17-27-23-21(24(30)32)14-28-31(23)20-7-3-2-4-8-20/h2-9,14,17,33H,10-13,15-16H2,1H3. The molecule has 0 bridgehead atoms. The summed E-state index contributed by atoms with van der Waals surface area (Å²) in [6.07, 6.45) is 4.07. The van der Waals surface area contributed by atoms with E-state index < -0.39 is 5.60 Å². The third-order valence-electron chi connectivity index (χ3n) is 6.58. The van der Waals surface area contributed by atoms with Crippen LogP contribution < -0.4 is 5.56 Å². The highest BCUT2D eigenvalue weighted by Gasteiger charge is 2.33. The largest absolute Gasteiger partial charge is 0.388 e. The van der Waals surface area contributed by atoms with Crippen LogP contribution in [0, 0.1) is 12.7 Å². The van der Waals surface area contributed by atoms with Crippen LogP contribution in [0.25, 0.3) is 16.7 Å². The Kier molecular flexibility index (Phi) is 5.55. The molecule has 1 aliphatic heterocycles. The fourth-order valence-corrected chi connectivity index (χ4v) is 4.49. The second-order valence-corrected chi connectivity index (χ2v) is 8.83. The van der Waals surface area contributed by atoms with Crippen molar-refractivity contribution in [3.05, 3.63) is 88.4 Å². The number of hydrogen-bond donors (Lipinski definition) is 1. The average Bonchev–Trinajstić information content (AvgIpc) is 3.26. The number of aromatic nitrogens is 4. The van der Waals surface area contributed by atoms with Gasteiger partial charge in [0.2, 0.25) is 0 Å². The highest BCUT2D eigenvalue weighted by atomic mass is 19.1. The summed E-state index contributed by atoms with van der Waals surface area (Å²) in [4.78, 5) is 19.8. The first-order valence-corrected chi connectivity index (χ1v) is 11.1. The molecule has 1 saturated heterocycles. The van der Waals surface area contributed by atoms with Crippen molar-refractivity contribution in [2.75, 3.05) is 13.1 Å². The Bertz CT molecular complexity index is 1340. The highest BCUT2D eigenvalue weighted by Crippen LogP contribution is 2.26. The van der Waals surface area contributed by atoms with E-state index >= 15 is 0 Å². The zero-order chi connectivity index (χ0) is 23.0. The normalized spacial score (nSPS) is 16.3. The Labute approximate surface area is 190 Å². The van der Waals surface area contributed by atoms with Crippen LogP contribution in [0.15, 0.2) is 65.8 Å². The van der Waals surface area contributed by atoms with Crippen LogP contribution in [0.4, 0.5) is 4.39 Å². The van der Waals surface area contributed by atoms with Gasteiger partial charge in [-0.1, -0.05) is 30.3 Å². The summed E-state index contributed by atoms with van der Waals surface area (Å²) >= 11 is 0. The molecule has 5 rings (SSSR count). The molecule has 2 aromatic carbocycles. The zero-order valence-electron chi connectivity index (χ0n) is 18.5. The van der Waals surface area contributed by atoms with Crippen LogP contribution >= 0.6 is 0 Å². The molecule has 3 heterocycles. The second kappa shape index (κ2) is 8.53. The Morgan fingerprint density at radius 1 is 1.09 bits per heavy atom. The highest BCUT2D eigenvalue weighted by molar-refractivity contribution is 5.74. The third-order valence-corrected chi connectivity index (χ3v) is 6.58. The summed E-state index contributed by atoms with van der Waals surface area (Å²) < 4.78 is 17.0. The summed E-state index contributed by atoms with van der Waals surface area (Å²) in [5.41, 5.74) is 1.74. The number of aliphatic hydroxyl groups is 1. The fourth-order valence-electron chi connectivity index (χ4n) is 4.49. The van der Waals surface area contributed by atoms with Crippen molar-refractivity contribution in [2.45, 2.75) is 38.5 Å². The van der Waals surface area contributed by atoms with Crippen LogP contribution in [-0.4, -0.2) is 48.0 Å². The second-order valence-electron chi connectivity index (χ2n) is 8.83. The minimum absolute atomic E-state index is 0.179. The number of fused-ring (bicyclic) bond motifs is 1. The molecule has 0 radical (unpaired) electrons. The van der Waals surface area contributed by atoms with Gasteiger partial charge < -0.3 is 5.11 Å². The van der Waals surface area contributed by atoms with Gasteiger partial charge in [-0.25, -0.2) is 14.1 Å². The average molecular weight is 448 g/mol. The topological polar surface area (TPSA) is 76.2 Å². The molecule has 7 nitrogen and oxygen atoms in total. The molecule has 0 unspecified atom stereocenters. The maximum Gasteiger partial charge on any atom is 0.264 e. The maximum absolute atomic E-state index is 13.8. The van der Waals surface area contributed by atoms with Gasteiger partial charge in [-0.15, -0.1) is 0 Å². The summed E-state index contributed by atoms with van der Waals surface area (Å²) in [5.74, 6) is -0.195. The van der Waals surface area contributed by atoms with E-state index in [4.69, 9.17) is 0 Å². The molecule has 0 spiro atoms. The quantitative estimate of drug-likeness (QED) is 0.509. The van der Waals surface area contributed by atoms with Crippen LogP contribution in [0.5, 0.6) is 0 Å². The SMILES string of the molecule is Cc1c(F)cccc1CN1CCC(O)(Cn2cnc3c(cnn3-c3ccccc3)c2=O)CC1. The zero-order valence-corrected chi connectivity index (χ0v) is 18.5. The Morgan fingerprint density at radius 3 is 2.61 bits per heavy atom.